The van der Waals surface area contributed by atoms with Crippen molar-refractivity contribution in [2.45, 2.75) is 39.3 Å². The van der Waals surface area contributed by atoms with Gasteiger partial charge < -0.3 is 29.1 Å². The molecule has 0 spiro atoms. The highest BCUT2D eigenvalue weighted by atomic mass is 32.1. The van der Waals surface area contributed by atoms with Gasteiger partial charge in [0.05, 0.1) is 31.5 Å². The number of aliphatic hydroxyl groups is 1. The van der Waals surface area contributed by atoms with Crippen LogP contribution in [0.15, 0.2) is 0 Å². The van der Waals surface area contributed by atoms with E-state index < -0.39 is 17.6 Å². The molecule has 0 unspecified atom stereocenters. The first-order valence-electron chi connectivity index (χ1n) is 9.08. The predicted octanol–water partition coefficient (Wildman–Crippen LogP) is 0.305. The second kappa shape index (κ2) is 9.99. The molecule has 1 saturated heterocycles. The zero-order chi connectivity index (χ0) is 20.7. The van der Waals surface area contributed by atoms with Crippen molar-refractivity contribution in [3.05, 3.63) is 0 Å². The standard InChI is InChI=1S/C17H28N4O6S/c1-12(22)26-11-14(24)21(17(2,3)4)9-13(23)10-27-16-15(18-28-19-16)20-5-7-25-8-6-20/h13,23H,5-11H2,1-4H3/t13-/m0/s1. The molecule has 0 bridgehead atoms. The molecule has 0 saturated carbocycles. The van der Waals surface area contributed by atoms with Gasteiger partial charge in [-0.15, -0.1) is 4.37 Å². The third-order valence-electron chi connectivity index (χ3n) is 4.07. The van der Waals surface area contributed by atoms with E-state index in [-0.39, 0.29) is 25.7 Å². The summed E-state index contributed by atoms with van der Waals surface area (Å²) in [4.78, 5) is 26.8. The van der Waals surface area contributed by atoms with E-state index in [0.717, 1.165) is 11.7 Å². The minimum absolute atomic E-state index is 0.0358. The largest absolute Gasteiger partial charge is 0.472 e. The molecule has 0 aliphatic carbocycles. The first-order chi connectivity index (χ1) is 13.2. The number of nitrogens with zero attached hydrogens (tertiary/aromatic N) is 4. The van der Waals surface area contributed by atoms with E-state index in [0.29, 0.717) is 38.0 Å². The van der Waals surface area contributed by atoms with E-state index in [9.17, 15) is 14.7 Å². The van der Waals surface area contributed by atoms with E-state index in [4.69, 9.17) is 14.2 Å². The second-order valence-electron chi connectivity index (χ2n) is 7.41. The monoisotopic (exact) mass is 416 g/mol. The lowest BCUT2D eigenvalue weighted by Gasteiger charge is -2.36. The van der Waals surface area contributed by atoms with Gasteiger partial charge in [0.25, 0.3) is 11.8 Å². The summed E-state index contributed by atoms with van der Waals surface area (Å²) in [5.41, 5.74) is -0.556. The van der Waals surface area contributed by atoms with E-state index >= 15 is 0 Å². The summed E-state index contributed by atoms with van der Waals surface area (Å²) in [7, 11) is 0. The lowest BCUT2D eigenvalue weighted by molar-refractivity contribution is -0.153. The van der Waals surface area contributed by atoms with Gasteiger partial charge >= 0.3 is 5.97 Å². The predicted molar refractivity (Wildman–Crippen MR) is 103 cm³/mol. The number of morpholine rings is 1. The molecule has 1 amide bonds. The quantitative estimate of drug-likeness (QED) is 0.598. The number of carbonyl (C=O) groups is 2. The van der Waals surface area contributed by atoms with E-state index in [1.807, 2.05) is 25.7 Å². The van der Waals surface area contributed by atoms with Crippen molar-refractivity contribution in [3.8, 4) is 5.88 Å². The minimum atomic E-state index is -0.945. The highest BCUT2D eigenvalue weighted by molar-refractivity contribution is 6.99. The Balaban J connectivity index is 1.92. The van der Waals surface area contributed by atoms with E-state index in [2.05, 4.69) is 8.75 Å². The fourth-order valence-electron chi connectivity index (χ4n) is 2.66. The lowest BCUT2D eigenvalue weighted by atomic mass is 10.1. The smallest absolute Gasteiger partial charge is 0.303 e. The molecule has 0 aromatic carbocycles. The van der Waals surface area contributed by atoms with Crippen LogP contribution in [0, 0.1) is 0 Å². The second-order valence-corrected chi connectivity index (χ2v) is 7.94. The van der Waals surface area contributed by atoms with Gasteiger partial charge in [0.15, 0.2) is 6.61 Å². The molecule has 158 valence electrons. The van der Waals surface area contributed by atoms with Gasteiger partial charge in [-0.3, -0.25) is 9.59 Å². The molecular formula is C17H28N4O6S. The Kier molecular flexibility index (Phi) is 7.96. The fourth-order valence-corrected chi connectivity index (χ4v) is 3.18. The molecule has 1 atom stereocenters. The maximum absolute atomic E-state index is 12.4. The van der Waals surface area contributed by atoms with Crippen LogP contribution in [-0.4, -0.2) is 88.3 Å². The first-order valence-corrected chi connectivity index (χ1v) is 9.81. The van der Waals surface area contributed by atoms with Crippen molar-refractivity contribution < 1.29 is 28.9 Å². The van der Waals surface area contributed by atoms with Gasteiger partial charge in [-0.25, -0.2) is 0 Å². The molecule has 2 rings (SSSR count). The number of ether oxygens (including phenoxy) is 3. The molecule has 28 heavy (non-hydrogen) atoms. The maximum Gasteiger partial charge on any atom is 0.303 e. The Labute approximate surface area is 168 Å². The number of aliphatic hydroxyl groups excluding tert-OH is 1. The third-order valence-corrected chi connectivity index (χ3v) is 4.57. The van der Waals surface area contributed by atoms with Crippen LogP contribution in [0.1, 0.15) is 27.7 Å². The number of rotatable bonds is 8. The van der Waals surface area contributed by atoms with Crippen LogP contribution in [0.3, 0.4) is 0 Å². The van der Waals surface area contributed by atoms with Crippen molar-refractivity contribution in [1.29, 1.82) is 0 Å². The molecule has 1 aliphatic heterocycles. The van der Waals surface area contributed by atoms with Gasteiger partial charge in [-0.2, -0.15) is 4.37 Å². The van der Waals surface area contributed by atoms with Crippen LogP contribution < -0.4 is 9.64 Å². The fraction of sp³-hybridized carbons (Fsp3) is 0.765. The molecule has 1 N–H and O–H groups in total. The Morgan fingerprint density at radius 1 is 1.32 bits per heavy atom. The average molecular weight is 417 g/mol. The highest BCUT2D eigenvalue weighted by Gasteiger charge is 2.29. The third kappa shape index (κ3) is 6.57. The zero-order valence-electron chi connectivity index (χ0n) is 16.7. The number of β-amino-alcohol motifs (C(OH)–C–C–N with tert-alkyl or cyclic N) is 1. The molecule has 1 aromatic heterocycles. The number of amides is 1. The van der Waals surface area contributed by atoms with Crippen LogP contribution >= 0.6 is 11.7 Å². The number of esters is 1. The summed E-state index contributed by atoms with van der Waals surface area (Å²) in [5, 5.41) is 10.4. The van der Waals surface area contributed by atoms with Crippen molar-refractivity contribution in [2.75, 3.05) is 51.0 Å². The van der Waals surface area contributed by atoms with Gasteiger partial charge in [-0.05, 0) is 20.8 Å². The molecule has 11 heteroatoms. The summed E-state index contributed by atoms with van der Waals surface area (Å²) in [6.07, 6.45) is -0.945. The van der Waals surface area contributed by atoms with E-state index in [1.165, 1.54) is 11.8 Å². The Morgan fingerprint density at radius 3 is 2.61 bits per heavy atom. The SMILES string of the molecule is CC(=O)OCC(=O)N(C[C@H](O)COc1nsnc1N1CCOCC1)C(C)(C)C. The highest BCUT2D eigenvalue weighted by Crippen LogP contribution is 2.26. The van der Waals surface area contributed by atoms with Crippen molar-refractivity contribution in [1.82, 2.24) is 13.6 Å². The van der Waals surface area contributed by atoms with Crippen LogP contribution in [0.25, 0.3) is 0 Å². The molecule has 10 nitrogen and oxygen atoms in total. The number of aromatic nitrogens is 2. The minimum Gasteiger partial charge on any atom is -0.472 e. The summed E-state index contributed by atoms with van der Waals surface area (Å²) in [6.45, 7) is 9.02. The van der Waals surface area contributed by atoms with Crippen LogP contribution in [0.4, 0.5) is 5.82 Å². The molecule has 2 heterocycles. The number of hydrogen-bond donors (Lipinski definition) is 1. The van der Waals surface area contributed by atoms with Gasteiger partial charge in [0.2, 0.25) is 5.82 Å². The summed E-state index contributed by atoms with van der Waals surface area (Å²) >= 11 is 1.04. The molecule has 1 fully saturated rings. The zero-order valence-corrected chi connectivity index (χ0v) is 17.5. The maximum atomic E-state index is 12.4. The number of carbonyl (C=O) groups excluding carboxylic acids is 2. The average Bonchev–Trinajstić information content (AvgIpc) is 3.11. The van der Waals surface area contributed by atoms with Gasteiger partial charge in [-0.1, -0.05) is 0 Å². The van der Waals surface area contributed by atoms with Crippen LogP contribution in [-0.2, 0) is 19.1 Å². The van der Waals surface area contributed by atoms with Crippen molar-refractivity contribution in [2.24, 2.45) is 0 Å². The summed E-state index contributed by atoms with van der Waals surface area (Å²) < 4.78 is 24.2. The first kappa shape index (κ1) is 22.3. The van der Waals surface area contributed by atoms with Crippen molar-refractivity contribution in [3.63, 3.8) is 0 Å². The topological polar surface area (TPSA) is 114 Å². The summed E-state index contributed by atoms with van der Waals surface area (Å²) in [5.74, 6) is 0.0856. The van der Waals surface area contributed by atoms with Crippen molar-refractivity contribution >= 4 is 29.4 Å². The van der Waals surface area contributed by atoms with Gasteiger partial charge in [0, 0.05) is 25.6 Å². The van der Waals surface area contributed by atoms with Crippen LogP contribution in [0.5, 0.6) is 5.88 Å². The Morgan fingerprint density at radius 2 is 2.00 bits per heavy atom. The number of hydrogen-bond acceptors (Lipinski definition) is 10. The molecular weight excluding hydrogens is 388 g/mol. The number of anilines is 1. The van der Waals surface area contributed by atoms with E-state index in [1.54, 1.807) is 0 Å². The molecule has 0 radical (unpaired) electrons. The van der Waals surface area contributed by atoms with Crippen LogP contribution in [0.2, 0.25) is 0 Å². The molecule has 1 aliphatic rings. The Bertz CT molecular complexity index is 656. The molecule has 1 aromatic rings. The normalized spacial score (nSPS) is 15.8. The summed E-state index contributed by atoms with van der Waals surface area (Å²) in [6, 6.07) is 0. The van der Waals surface area contributed by atoms with Gasteiger partial charge in [0.1, 0.15) is 12.7 Å². The lowest BCUT2D eigenvalue weighted by Crippen LogP contribution is -2.51. The Hall–Kier alpha value is -1.98.